The Morgan fingerprint density at radius 3 is 2.58 bits per heavy atom. The predicted octanol–water partition coefficient (Wildman–Crippen LogP) is 2.92. The highest BCUT2D eigenvalue weighted by Gasteiger charge is 2.15. The summed E-state index contributed by atoms with van der Waals surface area (Å²) in [6, 6.07) is 14.4. The molecule has 1 heterocycles. The molecule has 0 radical (unpaired) electrons. The van der Waals surface area contributed by atoms with Gasteiger partial charge in [0.15, 0.2) is 0 Å². The minimum atomic E-state index is -0.124. The number of rotatable bonds is 7. The van der Waals surface area contributed by atoms with Crippen molar-refractivity contribution in [3.8, 4) is 0 Å². The van der Waals surface area contributed by atoms with Crippen molar-refractivity contribution in [2.24, 2.45) is 0 Å². The molecule has 3 nitrogen and oxygen atoms in total. The Kier molecular flexibility index (Phi) is 5.19. The Labute approximate surface area is 114 Å². The molecule has 2 N–H and O–H groups in total. The number of benzene rings is 1. The number of hydrogen-bond donors (Lipinski definition) is 2. The molecule has 1 aromatic heterocycles. The van der Waals surface area contributed by atoms with Crippen LogP contribution < -0.4 is 5.32 Å². The fraction of sp³-hybridized carbons (Fsp3) is 0.375. The van der Waals surface area contributed by atoms with E-state index in [1.54, 1.807) is 6.26 Å². The van der Waals surface area contributed by atoms with Crippen molar-refractivity contribution in [1.29, 1.82) is 0 Å². The average molecular weight is 259 g/mol. The van der Waals surface area contributed by atoms with Gasteiger partial charge in [0.2, 0.25) is 0 Å². The number of aryl methyl sites for hydroxylation is 1. The van der Waals surface area contributed by atoms with Gasteiger partial charge in [-0.1, -0.05) is 30.3 Å². The van der Waals surface area contributed by atoms with Gasteiger partial charge < -0.3 is 14.8 Å². The monoisotopic (exact) mass is 259 g/mol. The molecule has 2 unspecified atom stereocenters. The summed E-state index contributed by atoms with van der Waals surface area (Å²) in [4.78, 5) is 0. The zero-order valence-corrected chi connectivity index (χ0v) is 11.3. The lowest BCUT2D eigenvalue weighted by Gasteiger charge is -2.20. The highest BCUT2D eigenvalue weighted by molar-refractivity contribution is 5.14. The van der Waals surface area contributed by atoms with Gasteiger partial charge in [0.1, 0.15) is 5.76 Å². The van der Waals surface area contributed by atoms with Gasteiger partial charge in [-0.05, 0) is 37.5 Å². The molecule has 102 valence electrons. The molecule has 0 spiro atoms. The summed E-state index contributed by atoms with van der Waals surface area (Å²) in [6.45, 7) is 2.18. The highest BCUT2D eigenvalue weighted by atomic mass is 16.3. The van der Waals surface area contributed by atoms with Crippen LogP contribution >= 0.6 is 0 Å². The number of aliphatic hydroxyl groups excluding tert-OH is 1. The molecule has 19 heavy (non-hydrogen) atoms. The van der Waals surface area contributed by atoms with Gasteiger partial charge in [-0.25, -0.2) is 0 Å². The largest absolute Gasteiger partial charge is 0.468 e. The topological polar surface area (TPSA) is 45.4 Å². The van der Waals surface area contributed by atoms with Crippen molar-refractivity contribution in [2.75, 3.05) is 6.61 Å². The molecular weight excluding hydrogens is 238 g/mol. The molecule has 0 aliphatic heterocycles. The van der Waals surface area contributed by atoms with Crippen LogP contribution in [0.3, 0.4) is 0 Å². The van der Waals surface area contributed by atoms with Crippen LogP contribution in [0.15, 0.2) is 53.1 Å². The lowest BCUT2D eigenvalue weighted by atomic mass is 10.1. The minimum Gasteiger partial charge on any atom is -0.468 e. The second-order valence-electron chi connectivity index (χ2n) is 4.84. The summed E-state index contributed by atoms with van der Waals surface area (Å²) in [6.07, 6.45) is 3.70. The van der Waals surface area contributed by atoms with E-state index in [1.807, 2.05) is 18.2 Å². The quantitative estimate of drug-likeness (QED) is 0.803. The van der Waals surface area contributed by atoms with E-state index in [-0.39, 0.29) is 12.6 Å². The molecule has 0 saturated heterocycles. The van der Waals surface area contributed by atoms with Crippen LogP contribution in [0.25, 0.3) is 0 Å². The first-order valence-corrected chi connectivity index (χ1v) is 6.74. The zero-order valence-electron chi connectivity index (χ0n) is 11.3. The van der Waals surface area contributed by atoms with E-state index in [2.05, 4.69) is 36.5 Å². The van der Waals surface area contributed by atoms with Gasteiger partial charge in [0.05, 0.1) is 18.9 Å². The third-order valence-corrected chi connectivity index (χ3v) is 3.26. The smallest absolute Gasteiger partial charge is 0.123 e. The Morgan fingerprint density at radius 2 is 1.95 bits per heavy atom. The molecule has 3 heteroatoms. The molecule has 0 amide bonds. The maximum Gasteiger partial charge on any atom is 0.123 e. The molecule has 2 atom stereocenters. The molecule has 0 bridgehead atoms. The van der Waals surface area contributed by atoms with Gasteiger partial charge >= 0.3 is 0 Å². The molecular formula is C16H21NO2. The van der Waals surface area contributed by atoms with Crippen molar-refractivity contribution in [2.45, 2.75) is 31.8 Å². The third-order valence-electron chi connectivity index (χ3n) is 3.26. The second-order valence-corrected chi connectivity index (χ2v) is 4.84. The van der Waals surface area contributed by atoms with Crippen LogP contribution in [0, 0.1) is 0 Å². The number of furan rings is 1. The first-order valence-electron chi connectivity index (χ1n) is 6.74. The SMILES string of the molecule is CC(CCc1ccccc1)NC(CO)c1ccco1. The maximum atomic E-state index is 9.41. The minimum absolute atomic E-state index is 0.0448. The van der Waals surface area contributed by atoms with Crippen molar-refractivity contribution in [3.05, 3.63) is 60.1 Å². The van der Waals surface area contributed by atoms with E-state index in [1.165, 1.54) is 5.56 Å². The summed E-state index contributed by atoms with van der Waals surface area (Å²) in [7, 11) is 0. The predicted molar refractivity (Wildman–Crippen MR) is 75.9 cm³/mol. The van der Waals surface area contributed by atoms with Gasteiger partial charge in [0, 0.05) is 6.04 Å². The fourth-order valence-electron chi connectivity index (χ4n) is 2.17. The van der Waals surface area contributed by atoms with E-state index in [4.69, 9.17) is 4.42 Å². The van der Waals surface area contributed by atoms with E-state index in [9.17, 15) is 5.11 Å². The van der Waals surface area contributed by atoms with E-state index >= 15 is 0 Å². The summed E-state index contributed by atoms with van der Waals surface area (Å²) < 4.78 is 5.33. The normalized spacial score (nSPS) is 14.2. The summed E-state index contributed by atoms with van der Waals surface area (Å²) in [5.41, 5.74) is 1.34. The van der Waals surface area contributed by atoms with Crippen LogP contribution in [-0.2, 0) is 6.42 Å². The van der Waals surface area contributed by atoms with Gasteiger partial charge in [-0.15, -0.1) is 0 Å². The van der Waals surface area contributed by atoms with Crippen molar-refractivity contribution in [1.82, 2.24) is 5.32 Å². The molecule has 0 aliphatic rings. The lowest BCUT2D eigenvalue weighted by Crippen LogP contribution is -2.32. The molecule has 0 fully saturated rings. The van der Waals surface area contributed by atoms with Crippen LogP contribution in [0.1, 0.15) is 30.7 Å². The maximum absolute atomic E-state index is 9.41. The van der Waals surface area contributed by atoms with Crippen molar-refractivity contribution in [3.63, 3.8) is 0 Å². The van der Waals surface area contributed by atoms with Crippen molar-refractivity contribution < 1.29 is 9.52 Å². The molecule has 0 aliphatic carbocycles. The van der Waals surface area contributed by atoms with Gasteiger partial charge in [-0.2, -0.15) is 0 Å². The second kappa shape index (κ2) is 7.12. The van der Waals surface area contributed by atoms with E-state index in [0.29, 0.717) is 6.04 Å². The summed E-state index contributed by atoms with van der Waals surface area (Å²) >= 11 is 0. The Hall–Kier alpha value is -1.58. The van der Waals surface area contributed by atoms with Gasteiger partial charge in [0.25, 0.3) is 0 Å². The lowest BCUT2D eigenvalue weighted by molar-refractivity contribution is 0.215. The number of nitrogens with one attached hydrogen (secondary N) is 1. The highest BCUT2D eigenvalue weighted by Crippen LogP contribution is 2.15. The third kappa shape index (κ3) is 4.23. The summed E-state index contributed by atoms with van der Waals surface area (Å²) in [5.74, 6) is 0.786. The fourth-order valence-corrected chi connectivity index (χ4v) is 2.17. The Bertz CT molecular complexity index is 453. The number of hydrogen-bond acceptors (Lipinski definition) is 3. The number of aliphatic hydroxyl groups is 1. The molecule has 0 saturated carbocycles. The Morgan fingerprint density at radius 1 is 1.16 bits per heavy atom. The standard InChI is InChI=1S/C16H21NO2/c1-13(9-10-14-6-3-2-4-7-14)17-15(12-18)16-8-5-11-19-16/h2-8,11,13,15,17-18H,9-10,12H2,1H3. The molecule has 1 aromatic carbocycles. The molecule has 2 aromatic rings. The first kappa shape index (κ1) is 13.8. The van der Waals surface area contributed by atoms with Crippen LogP contribution in [-0.4, -0.2) is 17.8 Å². The first-order chi connectivity index (χ1) is 9.29. The summed E-state index contributed by atoms with van der Waals surface area (Å²) in [5, 5.41) is 12.8. The van der Waals surface area contributed by atoms with Crippen molar-refractivity contribution >= 4 is 0 Å². The van der Waals surface area contributed by atoms with Crippen LogP contribution in [0.5, 0.6) is 0 Å². The molecule has 2 rings (SSSR count). The van der Waals surface area contributed by atoms with E-state index in [0.717, 1.165) is 18.6 Å². The van der Waals surface area contributed by atoms with Gasteiger partial charge in [-0.3, -0.25) is 0 Å². The average Bonchev–Trinajstić information content (AvgIpc) is 2.97. The van der Waals surface area contributed by atoms with Crippen LogP contribution in [0.2, 0.25) is 0 Å². The zero-order chi connectivity index (χ0) is 13.5. The van der Waals surface area contributed by atoms with Crippen LogP contribution in [0.4, 0.5) is 0 Å². The Balaban J connectivity index is 1.82. The van der Waals surface area contributed by atoms with E-state index < -0.39 is 0 Å².